The second-order valence-corrected chi connectivity index (χ2v) is 11.3. The lowest BCUT2D eigenvalue weighted by Gasteiger charge is -2.10. The van der Waals surface area contributed by atoms with Crippen molar-refractivity contribution >= 4 is 75.9 Å². The molecule has 4 heterocycles. The van der Waals surface area contributed by atoms with Gasteiger partial charge >= 0.3 is 0 Å². The van der Waals surface area contributed by atoms with Crippen LogP contribution < -0.4 is 0 Å². The summed E-state index contributed by atoms with van der Waals surface area (Å²) in [6.45, 7) is 6.48. The molecule has 0 amide bonds. The number of nitrogens with zero attached hydrogens (tertiary/aromatic N) is 3. The molecule has 0 atom stereocenters. The van der Waals surface area contributed by atoms with E-state index in [-0.39, 0.29) is 0 Å². The quantitative estimate of drug-likeness (QED) is 0.233. The molecule has 0 aliphatic heterocycles. The number of aromatic nitrogens is 5. The van der Waals surface area contributed by atoms with Crippen LogP contribution in [0.25, 0.3) is 75.7 Å². The standard InChI is InChI=1S/C32H25N5S/c1-4-25-34-27-20-10-8-18(15-24(20)31-22(11-13-38-31)30(27)35-25)17-7-9-19-23(14-17)26-21(6-5-12-33-26)29-28(19)36-32(37-29)16(2)3/h5-16H,4H2,1-3H3,(H,34,35)(H,36,37). The van der Waals surface area contributed by atoms with Gasteiger partial charge in [0.15, 0.2) is 0 Å². The normalized spacial score (nSPS) is 12.4. The number of imidazole rings is 2. The van der Waals surface area contributed by atoms with E-state index in [1.54, 1.807) is 11.3 Å². The number of aryl methyl sites for hydroxylation is 1. The lowest BCUT2D eigenvalue weighted by atomic mass is 9.96. The molecule has 0 unspecified atom stereocenters. The van der Waals surface area contributed by atoms with Crippen molar-refractivity contribution in [1.29, 1.82) is 0 Å². The van der Waals surface area contributed by atoms with Crippen molar-refractivity contribution in [1.82, 2.24) is 24.9 Å². The highest BCUT2D eigenvalue weighted by Crippen LogP contribution is 2.40. The maximum Gasteiger partial charge on any atom is 0.109 e. The van der Waals surface area contributed by atoms with Gasteiger partial charge in [-0.15, -0.1) is 11.3 Å². The molecule has 0 saturated carbocycles. The van der Waals surface area contributed by atoms with E-state index in [0.717, 1.165) is 61.8 Å². The minimum absolute atomic E-state index is 0.324. The van der Waals surface area contributed by atoms with Crippen molar-refractivity contribution in [2.45, 2.75) is 33.1 Å². The van der Waals surface area contributed by atoms with Crippen LogP contribution in [-0.2, 0) is 6.42 Å². The van der Waals surface area contributed by atoms with Crippen LogP contribution in [0.4, 0.5) is 0 Å². The highest BCUT2D eigenvalue weighted by molar-refractivity contribution is 7.18. The van der Waals surface area contributed by atoms with E-state index in [1.165, 1.54) is 32.0 Å². The number of pyridine rings is 1. The van der Waals surface area contributed by atoms with Gasteiger partial charge in [0.1, 0.15) is 11.6 Å². The molecule has 184 valence electrons. The summed E-state index contributed by atoms with van der Waals surface area (Å²) in [5.41, 5.74) is 7.65. The molecule has 5 nitrogen and oxygen atoms in total. The zero-order valence-electron chi connectivity index (χ0n) is 21.4. The van der Waals surface area contributed by atoms with Gasteiger partial charge in [0.05, 0.1) is 27.6 Å². The van der Waals surface area contributed by atoms with Crippen LogP contribution in [0.1, 0.15) is 38.3 Å². The van der Waals surface area contributed by atoms with Crippen molar-refractivity contribution in [2.75, 3.05) is 0 Å². The number of benzene rings is 4. The minimum Gasteiger partial charge on any atom is -0.341 e. The van der Waals surface area contributed by atoms with Crippen LogP contribution in [0.2, 0.25) is 0 Å². The number of thiophene rings is 1. The summed E-state index contributed by atoms with van der Waals surface area (Å²) >= 11 is 1.79. The van der Waals surface area contributed by atoms with Gasteiger partial charge in [-0.05, 0) is 46.8 Å². The molecule has 8 aromatic rings. The Balaban J connectivity index is 1.41. The lowest BCUT2D eigenvalue weighted by Crippen LogP contribution is -1.88. The molecule has 4 aromatic carbocycles. The van der Waals surface area contributed by atoms with Crippen LogP contribution >= 0.6 is 11.3 Å². The molecule has 0 spiro atoms. The van der Waals surface area contributed by atoms with Gasteiger partial charge in [0.2, 0.25) is 0 Å². The largest absolute Gasteiger partial charge is 0.341 e. The van der Waals surface area contributed by atoms with Crippen LogP contribution in [-0.4, -0.2) is 24.9 Å². The summed E-state index contributed by atoms with van der Waals surface area (Å²) in [5.74, 6) is 2.36. The predicted molar refractivity (Wildman–Crippen MR) is 160 cm³/mol. The molecule has 0 fully saturated rings. The van der Waals surface area contributed by atoms with Crippen LogP contribution in [0.3, 0.4) is 0 Å². The van der Waals surface area contributed by atoms with Gasteiger partial charge in [-0.3, -0.25) is 4.98 Å². The summed E-state index contributed by atoms with van der Waals surface area (Å²) in [5, 5.41) is 9.26. The van der Waals surface area contributed by atoms with Gasteiger partial charge in [-0.2, -0.15) is 0 Å². The lowest BCUT2D eigenvalue weighted by molar-refractivity contribution is 0.799. The molecule has 0 aliphatic rings. The number of hydrogen-bond donors (Lipinski definition) is 2. The van der Waals surface area contributed by atoms with E-state index >= 15 is 0 Å². The van der Waals surface area contributed by atoms with Crippen molar-refractivity contribution in [3.63, 3.8) is 0 Å². The molecule has 6 heteroatoms. The van der Waals surface area contributed by atoms with Gasteiger partial charge in [0.25, 0.3) is 0 Å². The topological polar surface area (TPSA) is 70.2 Å². The predicted octanol–water partition coefficient (Wildman–Crippen LogP) is 8.86. The number of rotatable bonds is 3. The Labute approximate surface area is 222 Å². The van der Waals surface area contributed by atoms with E-state index in [4.69, 9.17) is 15.0 Å². The number of H-pyrrole nitrogens is 2. The zero-order valence-corrected chi connectivity index (χ0v) is 22.2. The van der Waals surface area contributed by atoms with Gasteiger partial charge in [0, 0.05) is 55.6 Å². The Hall–Kier alpha value is -4.29. The summed E-state index contributed by atoms with van der Waals surface area (Å²) in [4.78, 5) is 21.9. The number of fused-ring (bicyclic) bond motifs is 12. The first-order chi connectivity index (χ1) is 18.6. The first-order valence-electron chi connectivity index (χ1n) is 13.1. The van der Waals surface area contributed by atoms with Gasteiger partial charge in [-0.1, -0.05) is 45.0 Å². The summed E-state index contributed by atoms with van der Waals surface area (Å²) < 4.78 is 1.29. The highest BCUT2D eigenvalue weighted by Gasteiger charge is 2.17. The molecule has 8 rings (SSSR count). The van der Waals surface area contributed by atoms with Crippen molar-refractivity contribution in [2.24, 2.45) is 0 Å². The van der Waals surface area contributed by atoms with E-state index in [0.29, 0.717) is 5.92 Å². The second-order valence-electron chi connectivity index (χ2n) is 10.3. The molecular formula is C32H25N5S. The Morgan fingerprint density at radius 1 is 0.737 bits per heavy atom. The molecule has 4 aromatic heterocycles. The van der Waals surface area contributed by atoms with E-state index < -0.39 is 0 Å². The Morgan fingerprint density at radius 3 is 2.26 bits per heavy atom. The van der Waals surface area contributed by atoms with Crippen LogP contribution in [0.5, 0.6) is 0 Å². The monoisotopic (exact) mass is 511 g/mol. The second kappa shape index (κ2) is 7.85. The fourth-order valence-electron chi connectivity index (χ4n) is 5.82. The van der Waals surface area contributed by atoms with Crippen molar-refractivity contribution < 1.29 is 0 Å². The van der Waals surface area contributed by atoms with Gasteiger partial charge < -0.3 is 9.97 Å². The zero-order chi connectivity index (χ0) is 25.5. The molecular weight excluding hydrogens is 486 g/mol. The molecule has 0 aliphatic carbocycles. The number of aromatic amines is 2. The Bertz CT molecular complexity index is 2210. The summed E-state index contributed by atoms with van der Waals surface area (Å²) in [6, 6.07) is 19.9. The van der Waals surface area contributed by atoms with Crippen molar-refractivity contribution in [3.8, 4) is 11.1 Å². The highest BCUT2D eigenvalue weighted by atomic mass is 32.1. The molecule has 0 radical (unpaired) electrons. The summed E-state index contributed by atoms with van der Waals surface area (Å²) in [6.07, 6.45) is 2.77. The first kappa shape index (κ1) is 21.8. The number of nitrogens with one attached hydrogen (secondary N) is 2. The SMILES string of the molecule is CCc1nc2c3ccsc3c3cc(-c4ccc5c(c4)c4ncccc4c4nc(C(C)C)[nH]c54)ccc3c2[nH]1. The maximum absolute atomic E-state index is 4.96. The average molecular weight is 512 g/mol. The van der Waals surface area contributed by atoms with E-state index in [2.05, 4.69) is 84.7 Å². The molecule has 2 N–H and O–H groups in total. The first-order valence-corrected chi connectivity index (χ1v) is 14.0. The van der Waals surface area contributed by atoms with E-state index in [1.807, 2.05) is 12.3 Å². The maximum atomic E-state index is 4.96. The third-order valence-electron chi connectivity index (χ3n) is 7.75. The van der Waals surface area contributed by atoms with Crippen LogP contribution in [0, 0.1) is 0 Å². The fraction of sp³-hybridized carbons (Fsp3) is 0.156. The summed E-state index contributed by atoms with van der Waals surface area (Å²) in [7, 11) is 0. The molecule has 38 heavy (non-hydrogen) atoms. The minimum atomic E-state index is 0.324. The fourth-order valence-corrected chi connectivity index (χ4v) is 6.74. The van der Waals surface area contributed by atoms with E-state index in [9.17, 15) is 0 Å². The smallest absolute Gasteiger partial charge is 0.109 e. The molecule has 0 saturated heterocycles. The van der Waals surface area contributed by atoms with Gasteiger partial charge in [-0.25, -0.2) is 9.97 Å². The third kappa shape index (κ3) is 2.95. The van der Waals surface area contributed by atoms with Crippen LogP contribution in [0.15, 0.2) is 66.2 Å². The molecule has 0 bridgehead atoms. The Kier molecular flexibility index (Phi) is 4.50. The Morgan fingerprint density at radius 2 is 1.47 bits per heavy atom. The third-order valence-corrected chi connectivity index (χ3v) is 8.70. The average Bonchev–Trinajstić information content (AvgIpc) is 3.71. The number of hydrogen-bond acceptors (Lipinski definition) is 4. The van der Waals surface area contributed by atoms with Crippen molar-refractivity contribution in [3.05, 3.63) is 77.8 Å².